The largest absolute Gasteiger partial charge is 0.392 e. The van der Waals surface area contributed by atoms with Crippen LogP contribution in [0.4, 0.5) is 10.1 Å². The molecule has 2 saturated carbocycles. The summed E-state index contributed by atoms with van der Waals surface area (Å²) in [6.45, 7) is 23.4. The molecule has 3 aromatic rings. The quantitative estimate of drug-likeness (QED) is 0.136. The molecule has 4 aliphatic carbocycles. The first-order chi connectivity index (χ1) is 26.7. The molecular weight excluding hydrogens is 716 g/mol. The number of hydrogen-bond donors (Lipinski definition) is 3. The Bertz CT molecular complexity index is 2400. The van der Waals surface area contributed by atoms with Gasteiger partial charge in [0.15, 0.2) is 5.78 Å². The molecule has 2 aliphatic heterocycles. The second-order valence-corrected chi connectivity index (χ2v) is 20.0. The number of ketones is 1. The Labute approximate surface area is 335 Å². The van der Waals surface area contributed by atoms with E-state index >= 15 is 0 Å². The van der Waals surface area contributed by atoms with E-state index in [1.165, 1.54) is 35.5 Å². The van der Waals surface area contributed by atoms with Gasteiger partial charge in [-0.2, -0.15) is 0 Å². The minimum absolute atomic E-state index is 0.0143. The van der Waals surface area contributed by atoms with Crippen LogP contribution >= 0.6 is 0 Å². The normalized spacial score (nSPS) is 35.8. The molecule has 2 unspecified atom stereocenters. The summed E-state index contributed by atoms with van der Waals surface area (Å²) in [5.74, 6) is -0.435. The molecule has 300 valence electrons. The van der Waals surface area contributed by atoms with Gasteiger partial charge in [-0.15, -0.1) is 0 Å². The highest BCUT2D eigenvalue weighted by atomic mass is 19.1. The monoisotopic (exact) mass is 772 g/mol. The van der Waals surface area contributed by atoms with Gasteiger partial charge in [0.05, 0.1) is 34.5 Å². The zero-order valence-corrected chi connectivity index (χ0v) is 34.8. The predicted octanol–water partition coefficient (Wildman–Crippen LogP) is 9.88. The number of aromatic nitrogens is 1. The van der Waals surface area contributed by atoms with Crippen molar-refractivity contribution in [2.75, 3.05) is 5.32 Å². The molecule has 3 heterocycles. The average Bonchev–Trinajstić information content (AvgIpc) is 3.80. The number of nitrogens with zero attached hydrogens (tertiary/aromatic N) is 1. The highest BCUT2D eigenvalue weighted by Crippen LogP contribution is 2.71. The Morgan fingerprint density at radius 3 is 2.42 bits per heavy atom. The number of anilines is 1. The smallest absolute Gasteiger partial charge is 0.251 e. The van der Waals surface area contributed by atoms with Crippen molar-refractivity contribution in [2.24, 2.45) is 28.6 Å². The van der Waals surface area contributed by atoms with E-state index in [0.29, 0.717) is 29.2 Å². The molecule has 9 rings (SSSR count). The van der Waals surface area contributed by atoms with Gasteiger partial charge in [-0.3, -0.25) is 9.59 Å². The molecule has 3 N–H and O–H groups in total. The lowest BCUT2D eigenvalue weighted by Crippen LogP contribution is -2.62. The van der Waals surface area contributed by atoms with Crippen molar-refractivity contribution in [3.63, 3.8) is 0 Å². The zero-order chi connectivity index (χ0) is 40.9. The Balaban J connectivity index is 1.15. The van der Waals surface area contributed by atoms with Crippen LogP contribution in [0.15, 0.2) is 72.4 Å². The number of ether oxygens (including phenoxy) is 1. The fourth-order valence-corrected chi connectivity index (χ4v) is 13.3. The number of halogens is 1. The van der Waals surface area contributed by atoms with E-state index in [1.807, 2.05) is 26.8 Å². The molecule has 2 aromatic carbocycles. The second kappa shape index (κ2) is 12.2. The lowest BCUT2D eigenvalue weighted by molar-refractivity contribution is -0.144. The summed E-state index contributed by atoms with van der Waals surface area (Å²) in [7, 11) is 0. The summed E-state index contributed by atoms with van der Waals surface area (Å²) in [6, 6.07) is 7.44. The van der Waals surface area contributed by atoms with Gasteiger partial charge in [-0.1, -0.05) is 51.2 Å². The minimum Gasteiger partial charge on any atom is -0.392 e. The van der Waals surface area contributed by atoms with Gasteiger partial charge in [0, 0.05) is 44.7 Å². The molecule has 0 bridgehead atoms. The van der Waals surface area contributed by atoms with Crippen LogP contribution in [0.25, 0.3) is 16.5 Å². The number of carbonyl (C=O) groups is 2. The molecule has 0 spiro atoms. The maximum atomic E-state index is 15.0. The van der Waals surface area contributed by atoms with Crippen molar-refractivity contribution in [1.82, 2.24) is 4.57 Å². The number of hydrogen-bond acceptors (Lipinski definition) is 5. The molecule has 7 nitrogen and oxygen atoms in total. The maximum absolute atomic E-state index is 15.0. The number of Topliss-reactive ketones (excluding diaryl/α,β-unsaturated/α-hetero) is 1. The fraction of sp³-hybridized carbons (Fsp3) is 0.510. The number of rotatable bonds is 5. The number of fused-ring (bicyclic) bond motifs is 11. The summed E-state index contributed by atoms with van der Waals surface area (Å²) in [4.78, 5) is 28.0. The number of allylic oxidation sites excluding steroid dienone is 3. The standard InChI is InChI=1S/C49H57FN2O5/c1-25(2)39-42(55)37-36-30(33-24-45(4,5)57-46(6,7)38(33)41(36)54)23-31-32-22-27-13-18-34-47(8,20-11-12-26(3)44(56)51-29-16-14-28(50)15-17-29)35(53)19-21-48(34,9)49(27,10)43(32)52(39)40(31)37/h11-12,14-17,20,23-24,27,34-35,38-39,41,53-54H,1,13,18-19,21-22H2,2-10H3,(H,51,56)/b20-11+,26-12+/t27?,34-,35-,38?,39-,41+,47-,48-,49+/m0/s1. The molecule has 2 fully saturated rings. The van der Waals surface area contributed by atoms with E-state index in [-0.39, 0.29) is 40.2 Å². The third-order valence-corrected chi connectivity index (χ3v) is 15.9. The highest BCUT2D eigenvalue weighted by molar-refractivity contribution is 6.18. The Morgan fingerprint density at radius 1 is 1.04 bits per heavy atom. The summed E-state index contributed by atoms with van der Waals surface area (Å²) in [5.41, 5.74) is 6.45. The van der Waals surface area contributed by atoms with Crippen LogP contribution in [-0.4, -0.2) is 43.8 Å². The first-order valence-corrected chi connectivity index (χ1v) is 20.8. The first kappa shape index (κ1) is 38.4. The molecule has 1 amide bonds. The summed E-state index contributed by atoms with van der Waals surface area (Å²) < 4.78 is 22.3. The van der Waals surface area contributed by atoms with Crippen LogP contribution in [-0.2, 0) is 21.4 Å². The summed E-state index contributed by atoms with van der Waals surface area (Å²) in [5, 5.41) is 28.1. The Morgan fingerprint density at radius 2 is 1.74 bits per heavy atom. The van der Waals surface area contributed by atoms with Crippen molar-refractivity contribution in [3.05, 3.63) is 106 Å². The molecule has 6 aliphatic rings. The van der Waals surface area contributed by atoms with Crippen LogP contribution < -0.4 is 5.32 Å². The lowest BCUT2D eigenvalue weighted by Gasteiger charge is -2.64. The van der Waals surface area contributed by atoms with E-state index in [0.717, 1.165) is 58.9 Å². The van der Waals surface area contributed by atoms with Gasteiger partial charge in [-0.25, -0.2) is 4.39 Å². The maximum Gasteiger partial charge on any atom is 0.251 e. The topological polar surface area (TPSA) is 101 Å². The zero-order valence-electron chi connectivity index (χ0n) is 34.8. The van der Waals surface area contributed by atoms with Crippen LogP contribution in [0.1, 0.15) is 133 Å². The number of carbonyl (C=O) groups excluding carboxylic acids is 2. The molecule has 0 radical (unpaired) electrons. The van der Waals surface area contributed by atoms with E-state index in [2.05, 4.69) is 69.3 Å². The Hall–Kier alpha value is -4.11. The third-order valence-electron chi connectivity index (χ3n) is 15.9. The van der Waals surface area contributed by atoms with Crippen molar-refractivity contribution >= 4 is 33.9 Å². The van der Waals surface area contributed by atoms with E-state index in [4.69, 9.17) is 4.74 Å². The van der Waals surface area contributed by atoms with Gasteiger partial charge in [0.1, 0.15) is 11.9 Å². The van der Waals surface area contributed by atoms with E-state index in [1.54, 1.807) is 13.0 Å². The van der Waals surface area contributed by atoms with Crippen LogP contribution in [0.3, 0.4) is 0 Å². The van der Waals surface area contributed by atoms with Gasteiger partial charge in [-0.05, 0) is 144 Å². The average molecular weight is 773 g/mol. The molecule has 8 heteroatoms. The van der Waals surface area contributed by atoms with Gasteiger partial charge >= 0.3 is 0 Å². The van der Waals surface area contributed by atoms with Gasteiger partial charge < -0.3 is 24.8 Å². The predicted molar refractivity (Wildman–Crippen MR) is 222 cm³/mol. The SMILES string of the molecule is C=C(C)[C@H]1C(=O)c2c3c(cc4c5c(n1c24)[C@@]1(C)C(CC[C@H]2[C@](C)(/C=C/C=C(\C)C(=O)Nc4ccc(F)cc4)[C@@H](O)CC[C@@]21C)C5)C1=CC(C)(C)OC(C)(C)C1[C@@H]3O. The third kappa shape index (κ3) is 5.05. The molecule has 1 aromatic heterocycles. The highest BCUT2D eigenvalue weighted by Gasteiger charge is 2.67. The van der Waals surface area contributed by atoms with Crippen LogP contribution in [0, 0.1) is 34.4 Å². The fourth-order valence-electron chi connectivity index (χ4n) is 13.3. The van der Waals surface area contributed by atoms with Crippen molar-refractivity contribution in [2.45, 2.75) is 129 Å². The van der Waals surface area contributed by atoms with Crippen LogP contribution in [0.5, 0.6) is 0 Å². The second-order valence-electron chi connectivity index (χ2n) is 20.0. The number of aliphatic hydroxyl groups excluding tert-OH is 2. The van der Waals surface area contributed by atoms with Gasteiger partial charge in [0.2, 0.25) is 0 Å². The first-order valence-electron chi connectivity index (χ1n) is 20.8. The van der Waals surface area contributed by atoms with E-state index < -0.39 is 34.9 Å². The number of amides is 1. The van der Waals surface area contributed by atoms with Crippen molar-refractivity contribution < 1.29 is 28.9 Å². The van der Waals surface area contributed by atoms with Crippen LogP contribution in [0.2, 0.25) is 0 Å². The number of nitrogens with one attached hydrogen (secondary N) is 1. The van der Waals surface area contributed by atoms with E-state index in [9.17, 15) is 24.2 Å². The van der Waals surface area contributed by atoms with Gasteiger partial charge in [0.25, 0.3) is 5.91 Å². The molecular formula is C49H57FN2O5. The summed E-state index contributed by atoms with van der Waals surface area (Å²) in [6.07, 6.45) is 10.9. The molecule has 9 atom stereocenters. The molecule has 0 saturated heterocycles. The minimum atomic E-state index is -0.873. The molecule has 57 heavy (non-hydrogen) atoms. The lowest BCUT2D eigenvalue weighted by atomic mass is 9.40. The van der Waals surface area contributed by atoms with Crippen molar-refractivity contribution in [1.29, 1.82) is 0 Å². The number of aliphatic hydroxyl groups is 2. The van der Waals surface area contributed by atoms with Crippen molar-refractivity contribution in [3.8, 4) is 0 Å². The number of benzene rings is 2. The Kier molecular flexibility index (Phi) is 8.23. The summed E-state index contributed by atoms with van der Waals surface area (Å²) >= 11 is 0.